The molecule has 0 saturated carbocycles. The highest BCUT2D eigenvalue weighted by Crippen LogP contribution is 2.30. The molecule has 2 atom stereocenters. The Balaban J connectivity index is 2.89. The van der Waals surface area contributed by atoms with Crippen LogP contribution in [0.25, 0.3) is 0 Å². The number of ether oxygens (including phenoxy) is 2. The summed E-state index contributed by atoms with van der Waals surface area (Å²) in [7, 11) is 3.37. The normalized spacial score (nSPS) is 14.3. The number of nitrogens with one attached hydrogen (secondary N) is 1. The molecule has 0 aliphatic heterocycles. The van der Waals surface area contributed by atoms with Crippen LogP contribution in [-0.4, -0.2) is 20.3 Å². The van der Waals surface area contributed by atoms with Crippen molar-refractivity contribution in [3.05, 3.63) is 23.8 Å². The van der Waals surface area contributed by atoms with Crippen molar-refractivity contribution in [3.63, 3.8) is 0 Å². The smallest absolute Gasteiger partial charge is 0.127 e. The van der Waals surface area contributed by atoms with Crippen molar-refractivity contribution in [2.45, 2.75) is 46.2 Å². The molecular weight excluding hydrogens is 238 g/mol. The zero-order valence-corrected chi connectivity index (χ0v) is 13.0. The molecule has 2 unspecified atom stereocenters. The molecule has 108 valence electrons. The minimum Gasteiger partial charge on any atom is -0.497 e. The first-order valence-electron chi connectivity index (χ1n) is 7.01. The van der Waals surface area contributed by atoms with E-state index < -0.39 is 0 Å². The van der Waals surface area contributed by atoms with Crippen LogP contribution in [0.3, 0.4) is 0 Å². The maximum atomic E-state index is 5.46. The summed E-state index contributed by atoms with van der Waals surface area (Å²) >= 11 is 0. The molecule has 0 amide bonds. The van der Waals surface area contributed by atoms with E-state index in [9.17, 15) is 0 Å². The van der Waals surface area contributed by atoms with Gasteiger partial charge in [-0.25, -0.2) is 0 Å². The van der Waals surface area contributed by atoms with Gasteiger partial charge in [-0.3, -0.25) is 0 Å². The van der Waals surface area contributed by atoms with Crippen molar-refractivity contribution < 1.29 is 9.47 Å². The van der Waals surface area contributed by atoms with Gasteiger partial charge in [-0.15, -0.1) is 0 Å². The lowest BCUT2D eigenvalue weighted by Gasteiger charge is -2.26. The number of hydrogen-bond acceptors (Lipinski definition) is 3. The van der Waals surface area contributed by atoms with Crippen LogP contribution in [0.4, 0.5) is 0 Å². The Kier molecular flexibility index (Phi) is 6.16. The molecule has 3 heteroatoms. The average molecular weight is 265 g/mol. The van der Waals surface area contributed by atoms with Crippen molar-refractivity contribution >= 4 is 0 Å². The third-order valence-corrected chi connectivity index (χ3v) is 3.62. The van der Waals surface area contributed by atoms with Crippen molar-refractivity contribution in [2.24, 2.45) is 5.92 Å². The summed E-state index contributed by atoms with van der Waals surface area (Å²) in [5, 5.41) is 3.67. The summed E-state index contributed by atoms with van der Waals surface area (Å²) in [6.45, 7) is 8.89. The van der Waals surface area contributed by atoms with Gasteiger partial charge in [0.2, 0.25) is 0 Å². The van der Waals surface area contributed by atoms with Gasteiger partial charge in [-0.2, -0.15) is 0 Å². The second kappa shape index (κ2) is 7.39. The lowest BCUT2D eigenvalue weighted by atomic mass is 9.98. The van der Waals surface area contributed by atoms with Crippen LogP contribution in [0.1, 0.15) is 45.7 Å². The molecule has 0 bridgehead atoms. The molecule has 0 spiro atoms. The van der Waals surface area contributed by atoms with Crippen LogP contribution in [0.2, 0.25) is 0 Å². The first-order valence-corrected chi connectivity index (χ1v) is 7.01. The van der Waals surface area contributed by atoms with Crippen LogP contribution < -0.4 is 14.8 Å². The highest BCUT2D eigenvalue weighted by molar-refractivity contribution is 5.42. The molecule has 0 heterocycles. The molecular formula is C16H27NO2. The van der Waals surface area contributed by atoms with Gasteiger partial charge in [0.15, 0.2) is 0 Å². The molecule has 0 aliphatic rings. The van der Waals surface area contributed by atoms with Gasteiger partial charge in [-0.1, -0.05) is 26.8 Å². The van der Waals surface area contributed by atoms with E-state index in [2.05, 4.69) is 39.1 Å². The van der Waals surface area contributed by atoms with Gasteiger partial charge in [0.25, 0.3) is 0 Å². The average Bonchev–Trinajstić information content (AvgIpc) is 2.43. The van der Waals surface area contributed by atoms with E-state index in [0.717, 1.165) is 17.9 Å². The summed E-state index contributed by atoms with van der Waals surface area (Å²) in [6.07, 6.45) is 1.13. The Morgan fingerprint density at radius 3 is 2.26 bits per heavy atom. The predicted octanol–water partition coefficient (Wildman–Crippen LogP) is 3.79. The van der Waals surface area contributed by atoms with Gasteiger partial charge in [0, 0.05) is 23.7 Å². The molecule has 0 aromatic heterocycles. The Morgan fingerprint density at radius 2 is 1.79 bits per heavy atom. The molecule has 3 nitrogen and oxygen atoms in total. The van der Waals surface area contributed by atoms with E-state index >= 15 is 0 Å². The Morgan fingerprint density at radius 1 is 1.11 bits per heavy atom. The zero-order valence-electron chi connectivity index (χ0n) is 13.0. The summed E-state index contributed by atoms with van der Waals surface area (Å²) in [4.78, 5) is 0. The largest absolute Gasteiger partial charge is 0.497 e. The van der Waals surface area contributed by atoms with Gasteiger partial charge >= 0.3 is 0 Å². The van der Waals surface area contributed by atoms with E-state index in [1.54, 1.807) is 14.2 Å². The Labute approximate surface area is 117 Å². The summed E-state index contributed by atoms with van der Waals surface area (Å²) in [6, 6.07) is 6.76. The Bertz CT molecular complexity index is 390. The Hall–Kier alpha value is -1.22. The molecule has 1 aromatic carbocycles. The molecule has 1 aromatic rings. The number of hydrogen-bond donors (Lipinski definition) is 1. The van der Waals surface area contributed by atoms with E-state index in [-0.39, 0.29) is 6.04 Å². The first kappa shape index (κ1) is 15.8. The first-order chi connectivity index (χ1) is 9.03. The minimum absolute atomic E-state index is 0.258. The van der Waals surface area contributed by atoms with Gasteiger partial charge in [0.05, 0.1) is 14.2 Å². The van der Waals surface area contributed by atoms with Gasteiger partial charge in [-0.05, 0) is 25.3 Å². The fourth-order valence-corrected chi connectivity index (χ4v) is 2.37. The number of benzene rings is 1. The van der Waals surface area contributed by atoms with Crippen molar-refractivity contribution in [1.82, 2.24) is 5.32 Å². The highest BCUT2D eigenvalue weighted by atomic mass is 16.5. The van der Waals surface area contributed by atoms with Crippen LogP contribution in [-0.2, 0) is 0 Å². The van der Waals surface area contributed by atoms with E-state index in [4.69, 9.17) is 9.47 Å². The molecule has 1 rings (SSSR count). The van der Waals surface area contributed by atoms with E-state index in [1.165, 1.54) is 5.56 Å². The quantitative estimate of drug-likeness (QED) is 0.813. The van der Waals surface area contributed by atoms with Crippen molar-refractivity contribution in [1.29, 1.82) is 0 Å². The third-order valence-electron chi connectivity index (χ3n) is 3.62. The minimum atomic E-state index is 0.258. The zero-order chi connectivity index (χ0) is 14.4. The highest BCUT2D eigenvalue weighted by Gasteiger charge is 2.17. The summed E-state index contributed by atoms with van der Waals surface area (Å²) in [5.41, 5.74) is 1.17. The van der Waals surface area contributed by atoms with Crippen LogP contribution in [0.15, 0.2) is 18.2 Å². The predicted molar refractivity (Wildman–Crippen MR) is 80.0 cm³/mol. The van der Waals surface area contributed by atoms with Crippen molar-refractivity contribution in [2.75, 3.05) is 14.2 Å². The fraction of sp³-hybridized carbons (Fsp3) is 0.625. The second-order valence-corrected chi connectivity index (χ2v) is 5.25. The number of methoxy groups -OCH3 is 2. The molecule has 0 radical (unpaired) electrons. The standard InChI is InChI=1S/C16H27NO2/c1-7-15(11(2)3)17-12(4)14-9-8-13(18-5)10-16(14)19-6/h8-12,15,17H,7H2,1-6H3. The van der Waals surface area contributed by atoms with Crippen LogP contribution >= 0.6 is 0 Å². The molecule has 0 fully saturated rings. The molecule has 19 heavy (non-hydrogen) atoms. The van der Waals surface area contributed by atoms with E-state index in [0.29, 0.717) is 12.0 Å². The SMILES string of the molecule is CCC(NC(C)c1ccc(OC)cc1OC)C(C)C. The number of rotatable bonds is 7. The third kappa shape index (κ3) is 4.13. The van der Waals surface area contributed by atoms with Crippen LogP contribution in [0.5, 0.6) is 11.5 Å². The summed E-state index contributed by atoms with van der Waals surface area (Å²) < 4.78 is 10.7. The topological polar surface area (TPSA) is 30.5 Å². The molecule has 1 N–H and O–H groups in total. The van der Waals surface area contributed by atoms with Gasteiger partial charge < -0.3 is 14.8 Å². The second-order valence-electron chi connectivity index (χ2n) is 5.25. The van der Waals surface area contributed by atoms with Crippen LogP contribution in [0, 0.1) is 5.92 Å². The lowest BCUT2D eigenvalue weighted by Crippen LogP contribution is -2.35. The lowest BCUT2D eigenvalue weighted by molar-refractivity contribution is 0.344. The fourth-order valence-electron chi connectivity index (χ4n) is 2.37. The van der Waals surface area contributed by atoms with E-state index in [1.807, 2.05) is 12.1 Å². The molecule has 0 saturated heterocycles. The monoisotopic (exact) mass is 265 g/mol. The summed E-state index contributed by atoms with van der Waals surface area (Å²) in [5.74, 6) is 2.32. The van der Waals surface area contributed by atoms with Gasteiger partial charge in [0.1, 0.15) is 11.5 Å². The maximum absolute atomic E-state index is 5.46. The van der Waals surface area contributed by atoms with Crippen molar-refractivity contribution in [3.8, 4) is 11.5 Å². The molecule has 0 aliphatic carbocycles. The maximum Gasteiger partial charge on any atom is 0.127 e.